The van der Waals surface area contributed by atoms with E-state index in [1.165, 1.54) is 11.3 Å². The number of amides is 1. The first-order valence-electron chi connectivity index (χ1n) is 8.38. The molecule has 0 N–H and O–H groups in total. The fourth-order valence-corrected chi connectivity index (χ4v) is 3.90. The number of terminal acetylenes is 1. The molecule has 6 nitrogen and oxygen atoms in total. The van der Waals surface area contributed by atoms with Crippen LogP contribution in [0.1, 0.15) is 17.3 Å². The molecule has 0 unspecified atom stereocenters. The summed E-state index contributed by atoms with van der Waals surface area (Å²) < 4.78 is 19.1. The Morgan fingerprint density at radius 3 is 2.89 bits per heavy atom. The first-order valence-corrected chi connectivity index (χ1v) is 9.20. The zero-order chi connectivity index (χ0) is 18.8. The topological polar surface area (TPSA) is 62.1 Å². The summed E-state index contributed by atoms with van der Waals surface area (Å²) in [4.78, 5) is 17.6. The van der Waals surface area contributed by atoms with E-state index in [-0.39, 0.29) is 12.7 Å². The Labute approximate surface area is 159 Å². The normalized spacial score (nSPS) is 13.0. The monoisotopic (exact) mass is 380 g/mol. The quantitative estimate of drug-likeness (QED) is 0.652. The molecule has 0 bridgehead atoms. The first kappa shape index (κ1) is 17.2. The standard InChI is InChI=1S/C20H16N2O4S/c1-3-9-22-14-10-16-17(26-12-25-16)11-18(14)27-20(22)21-19(23)13-7-5-6-8-15(13)24-4-2/h1,5-8,10-11H,4,9,12H2,2H3. The Morgan fingerprint density at radius 2 is 2.11 bits per heavy atom. The van der Waals surface area contributed by atoms with Crippen molar-refractivity contribution in [3.63, 3.8) is 0 Å². The Balaban J connectivity index is 1.84. The summed E-state index contributed by atoms with van der Waals surface area (Å²) in [6.07, 6.45) is 5.53. The maximum Gasteiger partial charge on any atom is 0.283 e. The summed E-state index contributed by atoms with van der Waals surface area (Å²) in [5, 5.41) is 0. The summed E-state index contributed by atoms with van der Waals surface area (Å²) in [5.41, 5.74) is 1.27. The van der Waals surface area contributed by atoms with Gasteiger partial charge in [-0.05, 0) is 19.1 Å². The third-order valence-corrected chi connectivity index (χ3v) is 5.08. The fourth-order valence-electron chi connectivity index (χ4n) is 2.86. The number of hydrogen-bond donors (Lipinski definition) is 0. The second-order valence-electron chi connectivity index (χ2n) is 5.69. The molecule has 0 aliphatic carbocycles. The highest BCUT2D eigenvalue weighted by Crippen LogP contribution is 2.37. The molecule has 1 aliphatic rings. The molecule has 0 atom stereocenters. The van der Waals surface area contributed by atoms with Crippen molar-refractivity contribution in [2.75, 3.05) is 13.4 Å². The van der Waals surface area contributed by atoms with E-state index in [1.54, 1.807) is 18.2 Å². The van der Waals surface area contributed by atoms with Crippen molar-refractivity contribution in [1.82, 2.24) is 4.57 Å². The van der Waals surface area contributed by atoms with Gasteiger partial charge in [0.15, 0.2) is 16.3 Å². The molecule has 0 saturated heterocycles. The number of ether oxygens (including phenoxy) is 3. The number of benzene rings is 2. The van der Waals surface area contributed by atoms with Crippen LogP contribution in [0.4, 0.5) is 0 Å². The third-order valence-electron chi connectivity index (χ3n) is 4.04. The minimum Gasteiger partial charge on any atom is -0.493 e. The number of nitrogens with zero attached hydrogens (tertiary/aromatic N) is 2. The van der Waals surface area contributed by atoms with Crippen LogP contribution in [0.3, 0.4) is 0 Å². The van der Waals surface area contributed by atoms with Crippen molar-refractivity contribution < 1.29 is 19.0 Å². The average Bonchev–Trinajstić information content (AvgIpc) is 3.25. The van der Waals surface area contributed by atoms with Crippen LogP contribution in [0.5, 0.6) is 17.2 Å². The Morgan fingerprint density at radius 1 is 1.33 bits per heavy atom. The highest BCUT2D eigenvalue weighted by atomic mass is 32.1. The Bertz CT molecular complexity index is 1140. The number of rotatable bonds is 4. The molecule has 4 rings (SSSR count). The van der Waals surface area contributed by atoms with Crippen LogP contribution in [0.25, 0.3) is 10.2 Å². The van der Waals surface area contributed by atoms with Gasteiger partial charge >= 0.3 is 0 Å². The molecule has 2 heterocycles. The number of para-hydroxylation sites is 1. The largest absolute Gasteiger partial charge is 0.493 e. The number of fused-ring (bicyclic) bond motifs is 2. The van der Waals surface area contributed by atoms with Gasteiger partial charge in [-0.15, -0.1) is 6.42 Å². The summed E-state index contributed by atoms with van der Waals surface area (Å²) in [6.45, 7) is 2.83. The van der Waals surface area contributed by atoms with E-state index < -0.39 is 0 Å². The van der Waals surface area contributed by atoms with Crippen molar-refractivity contribution in [1.29, 1.82) is 0 Å². The summed E-state index contributed by atoms with van der Waals surface area (Å²) in [5.74, 6) is 4.09. The molecular weight excluding hydrogens is 364 g/mol. The molecule has 1 aliphatic heterocycles. The van der Waals surface area contributed by atoms with Gasteiger partial charge in [-0.1, -0.05) is 29.4 Å². The predicted molar refractivity (Wildman–Crippen MR) is 102 cm³/mol. The lowest BCUT2D eigenvalue weighted by Crippen LogP contribution is -2.16. The molecule has 0 fully saturated rings. The number of carbonyl (C=O) groups is 1. The highest BCUT2D eigenvalue weighted by Gasteiger charge is 2.18. The van der Waals surface area contributed by atoms with E-state index in [2.05, 4.69) is 10.9 Å². The van der Waals surface area contributed by atoms with E-state index >= 15 is 0 Å². The average molecular weight is 380 g/mol. The molecule has 0 spiro atoms. The molecule has 1 amide bonds. The zero-order valence-electron chi connectivity index (χ0n) is 14.6. The zero-order valence-corrected chi connectivity index (χ0v) is 15.4. The van der Waals surface area contributed by atoms with Gasteiger partial charge in [-0.25, -0.2) is 0 Å². The van der Waals surface area contributed by atoms with E-state index in [1.807, 2.05) is 29.7 Å². The molecule has 1 aromatic heterocycles. The molecule has 2 aromatic carbocycles. The van der Waals surface area contributed by atoms with Gasteiger partial charge in [0.1, 0.15) is 5.75 Å². The second kappa shape index (κ2) is 7.17. The van der Waals surface area contributed by atoms with Crippen LogP contribution in [0, 0.1) is 12.3 Å². The van der Waals surface area contributed by atoms with Gasteiger partial charge in [0.2, 0.25) is 6.79 Å². The van der Waals surface area contributed by atoms with Crippen LogP contribution in [0.2, 0.25) is 0 Å². The van der Waals surface area contributed by atoms with E-state index in [0.29, 0.717) is 40.8 Å². The van der Waals surface area contributed by atoms with Gasteiger partial charge in [0.25, 0.3) is 5.91 Å². The Hall–Kier alpha value is -3.24. The summed E-state index contributed by atoms with van der Waals surface area (Å²) >= 11 is 1.38. The van der Waals surface area contributed by atoms with E-state index in [0.717, 1.165) is 10.2 Å². The van der Waals surface area contributed by atoms with Crippen LogP contribution < -0.4 is 19.0 Å². The fraction of sp³-hybridized carbons (Fsp3) is 0.200. The van der Waals surface area contributed by atoms with Crippen molar-refractivity contribution in [2.45, 2.75) is 13.5 Å². The third kappa shape index (κ3) is 3.15. The number of hydrogen-bond acceptors (Lipinski definition) is 5. The smallest absolute Gasteiger partial charge is 0.283 e. The molecular formula is C20H16N2O4S. The molecule has 0 saturated carbocycles. The number of carbonyl (C=O) groups excluding carboxylic acids is 1. The van der Waals surface area contributed by atoms with Crippen molar-refractivity contribution in [3.05, 3.63) is 46.8 Å². The summed E-state index contributed by atoms with van der Waals surface area (Å²) in [7, 11) is 0. The van der Waals surface area contributed by atoms with Crippen LogP contribution in [-0.4, -0.2) is 23.9 Å². The van der Waals surface area contributed by atoms with Gasteiger partial charge < -0.3 is 18.8 Å². The van der Waals surface area contributed by atoms with Crippen LogP contribution in [0.15, 0.2) is 41.4 Å². The molecule has 0 radical (unpaired) electrons. The first-order chi connectivity index (χ1) is 13.2. The maximum atomic E-state index is 12.8. The highest BCUT2D eigenvalue weighted by molar-refractivity contribution is 7.16. The molecule has 136 valence electrons. The van der Waals surface area contributed by atoms with Crippen molar-refractivity contribution >= 4 is 27.5 Å². The molecule has 7 heteroatoms. The van der Waals surface area contributed by atoms with Crippen molar-refractivity contribution in [2.24, 2.45) is 4.99 Å². The van der Waals surface area contributed by atoms with Gasteiger partial charge in [0, 0.05) is 12.1 Å². The molecule has 27 heavy (non-hydrogen) atoms. The van der Waals surface area contributed by atoms with E-state index in [4.69, 9.17) is 20.6 Å². The SMILES string of the molecule is C#CCn1c(=NC(=O)c2ccccc2OCC)sc2cc3c(cc21)OCO3. The maximum absolute atomic E-state index is 12.8. The van der Waals surface area contributed by atoms with Crippen LogP contribution >= 0.6 is 11.3 Å². The number of thiazole rings is 1. The van der Waals surface area contributed by atoms with E-state index in [9.17, 15) is 4.79 Å². The second-order valence-corrected chi connectivity index (χ2v) is 6.70. The van der Waals surface area contributed by atoms with Gasteiger partial charge in [0.05, 0.1) is 28.9 Å². The minimum atomic E-state index is -0.378. The summed E-state index contributed by atoms with van der Waals surface area (Å²) in [6, 6.07) is 10.8. The van der Waals surface area contributed by atoms with Gasteiger partial charge in [-0.3, -0.25) is 4.79 Å². The lowest BCUT2D eigenvalue weighted by molar-refractivity contribution is 0.0994. The minimum absolute atomic E-state index is 0.200. The predicted octanol–water partition coefficient (Wildman–Crippen LogP) is 3.20. The molecule has 3 aromatic rings. The van der Waals surface area contributed by atoms with Crippen molar-refractivity contribution in [3.8, 4) is 29.6 Å². The van der Waals surface area contributed by atoms with Gasteiger partial charge in [-0.2, -0.15) is 4.99 Å². The number of aromatic nitrogens is 1. The Kier molecular flexibility index (Phi) is 4.57. The van der Waals surface area contributed by atoms with Crippen LogP contribution in [-0.2, 0) is 6.54 Å². The lowest BCUT2D eigenvalue weighted by atomic mass is 10.2. The lowest BCUT2D eigenvalue weighted by Gasteiger charge is -2.06.